The van der Waals surface area contributed by atoms with Gasteiger partial charge in [0.15, 0.2) is 0 Å². The Kier molecular flexibility index (Phi) is 4.81. The second-order valence-electron chi connectivity index (χ2n) is 3.06. The molecule has 90 valence electrons. The van der Waals surface area contributed by atoms with E-state index in [-0.39, 0.29) is 17.7 Å². The van der Waals surface area contributed by atoms with Crippen LogP contribution < -0.4 is 0 Å². The van der Waals surface area contributed by atoms with Gasteiger partial charge in [0.2, 0.25) is 0 Å². The van der Waals surface area contributed by atoms with E-state index in [1.165, 1.54) is 6.07 Å². The SMILES string of the molecule is CCOC(=O)c1cc(I)c(C#N)c(C(F)F)c1. The van der Waals surface area contributed by atoms with Crippen LogP contribution in [0.15, 0.2) is 12.1 Å². The van der Waals surface area contributed by atoms with Gasteiger partial charge in [0.1, 0.15) is 6.07 Å². The predicted octanol–water partition coefficient (Wildman–Crippen LogP) is 3.28. The Morgan fingerprint density at radius 1 is 1.59 bits per heavy atom. The molecule has 17 heavy (non-hydrogen) atoms. The lowest BCUT2D eigenvalue weighted by Gasteiger charge is -2.08. The Bertz CT molecular complexity index is 483. The first-order chi connectivity index (χ1) is 8.01. The van der Waals surface area contributed by atoms with Crippen molar-refractivity contribution in [3.8, 4) is 6.07 Å². The third kappa shape index (κ3) is 3.12. The topological polar surface area (TPSA) is 50.1 Å². The first kappa shape index (κ1) is 13.8. The molecule has 0 saturated heterocycles. The summed E-state index contributed by atoms with van der Waals surface area (Å²) in [5.41, 5.74) is -0.512. The molecule has 0 aromatic heterocycles. The largest absolute Gasteiger partial charge is 0.462 e. The predicted molar refractivity (Wildman–Crippen MR) is 64.8 cm³/mol. The minimum Gasteiger partial charge on any atom is -0.462 e. The zero-order chi connectivity index (χ0) is 13.0. The highest BCUT2D eigenvalue weighted by molar-refractivity contribution is 14.1. The van der Waals surface area contributed by atoms with Crippen molar-refractivity contribution in [2.45, 2.75) is 13.3 Å². The van der Waals surface area contributed by atoms with E-state index in [1.807, 2.05) is 0 Å². The average molecular weight is 351 g/mol. The molecular formula is C11H8F2INO2. The number of carbonyl (C=O) groups is 1. The highest BCUT2D eigenvalue weighted by atomic mass is 127. The number of hydrogen-bond donors (Lipinski definition) is 0. The van der Waals surface area contributed by atoms with Gasteiger partial charge in [-0.1, -0.05) is 0 Å². The number of nitriles is 1. The monoisotopic (exact) mass is 351 g/mol. The van der Waals surface area contributed by atoms with E-state index in [0.717, 1.165) is 6.07 Å². The van der Waals surface area contributed by atoms with Crippen LogP contribution in [0.4, 0.5) is 8.78 Å². The first-order valence-electron chi connectivity index (χ1n) is 4.70. The summed E-state index contributed by atoms with van der Waals surface area (Å²) in [5.74, 6) is -0.670. The fourth-order valence-electron chi connectivity index (χ4n) is 1.25. The number of rotatable bonds is 3. The minimum atomic E-state index is -2.80. The molecule has 0 unspecified atom stereocenters. The molecule has 3 nitrogen and oxygen atoms in total. The van der Waals surface area contributed by atoms with Crippen molar-refractivity contribution < 1.29 is 18.3 Å². The van der Waals surface area contributed by atoms with Crippen molar-refractivity contribution >= 4 is 28.6 Å². The van der Waals surface area contributed by atoms with Gasteiger partial charge in [-0.05, 0) is 41.6 Å². The fourth-order valence-corrected chi connectivity index (χ4v) is 2.02. The zero-order valence-corrected chi connectivity index (χ0v) is 11.0. The van der Waals surface area contributed by atoms with Crippen molar-refractivity contribution in [3.05, 3.63) is 32.4 Å². The molecular weight excluding hydrogens is 343 g/mol. The number of carbonyl (C=O) groups excluding carboxylic acids is 1. The number of benzene rings is 1. The molecule has 1 rings (SSSR count). The van der Waals surface area contributed by atoms with E-state index in [9.17, 15) is 13.6 Å². The number of ether oxygens (including phenoxy) is 1. The minimum absolute atomic E-state index is 0.0329. The van der Waals surface area contributed by atoms with Crippen LogP contribution in [-0.4, -0.2) is 12.6 Å². The Labute approximate surface area is 111 Å². The van der Waals surface area contributed by atoms with Gasteiger partial charge in [-0.2, -0.15) is 5.26 Å². The molecule has 0 aliphatic carbocycles. The second-order valence-corrected chi connectivity index (χ2v) is 4.22. The van der Waals surface area contributed by atoms with Crippen molar-refractivity contribution in [2.24, 2.45) is 0 Å². The third-order valence-corrected chi connectivity index (χ3v) is 2.83. The molecule has 6 heteroatoms. The highest BCUT2D eigenvalue weighted by Crippen LogP contribution is 2.27. The van der Waals surface area contributed by atoms with Crippen LogP contribution in [0.2, 0.25) is 0 Å². The maximum Gasteiger partial charge on any atom is 0.338 e. The summed E-state index contributed by atoms with van der Waals surface area (Å²) in [6.07, 6.45) is -2.80. The number of esters is 1. The van der Waals surface area contributed by atoms with Gasteiger partial charge < -0.3 is 4.74 Å². The number of nitrogens with zero attached hydrogens (tertiary/aromatic N) is 1. The lowest BCUT2D eigenvalue weighted by Crippen LogP contribution is -2.07. The van der Waals surface area contributed by atoms with Gasteiger partial charge >= 0.3 is 5.97 Å². The second kappa shape index (κ2) is 5.91. The van der Waals surface area contributed by atoms with Gasteiger partial charge in [0.05, 0.1) is 17.7 Å². The normalized spacial score (nSPS) is 10.1. The van der Waals surface area contributed by atoms with Crippen molar-refractivity contribution in [2.75, 3.05) is 6.61 Å². The quantitative estimate of drug-likeness (QED) is 0.620. The van der Waals surface area contributed by atoms with Crippen molar-refractivity contribution in [1.29, 1.82) is 5.26 Å². The van der Waals surface area contributed by atoms with Crippen molar-refractivity contribution in [1.82, 2.24) is 0 Å². The molecule has 0 saturated carbocycles. The van der Waals surface area contributed by atoms with Crippen LogP contribution in [0, 0.1) is 14.9 Å². The highest BCUT2D eigenvalue weighted by Gasteiger charge is 2.19. The summed E-state index contributed by atoms with van der Waals surface area (Å²) in [6, 6.07) is 4.07. The summed E-state index contributed by atoms with van der Waals surface area (Å²) >= 11 is 1.74. The molecule has 0 radical (unpaired) electrons. The molecule has 0 bridgehead atoms. The molecule has 0 spiro atoms. The molecule has 0 aliphatic heterocycles. The molecule has 1 aromatic rings. The maximum atomic E-state index is 12.7. The third-order valence-electron chi connectivity index (χ3n) is 1.98. The number of halogens is 3. The van der Waals surface area contributed by atoms with Gasteiger partial charge in [0.25, 0.3) is 6.43 Å². The van der Waals surface area contributed by atoms with E-state index in [4.69, 9.17) is 10.00 Å². The summed E-state index contributed by atoms with van der Waals surface area (Å²) < 4.78 is 30.5. The summed E-state index contributed by atoms with van der Waals surface area (Å²) in [4.78, 5) is 11.4. The fraction of sp³-hybridized carbons (Fsp3) is 0.273. The smallest absolute Gasteiger partial charge is 0.338 e. The van der Waals surface area contributed by atoms with Gasteiger partial charge in [-0.25, -0.2) is 13.6 Å². The maximum absolute atomic E-state index is 12.7. The molecule has 1 aromatic carbocycles. The summed E-state index contributed by atoms with van der Waals surface area (Å²) in [7, 11) is 0. The lowest BCUT2D eigenvalue weighted by atomic mass is 10.1. The van der Waals surface area contributed by atoms with E-state index in [2.05, 4.69) is 0 Å². The number of hydrogen-bond acceptors (Lipinski definition) is 3. The van der Waals surface area contributed by atoms with E-state index in [0.29, 0.717) is 3.57 Å². The van der Waals surface area contributed by atoms with Gasteiger partial charge in [-0.15, -0.1) is 0 Å². The molecule has 0 heterocycles. The van der Waals surface area contributed by atoms with Crippen LogP contribution in [0.5, 0.6) is 0 Å². The van der Waals surface area contributed by atoms with E-state index < -0.39 is 18.0 Å². The molecule has 0 fully saturated rings. The summed E-state index contributed by atoms with van der Waals surface area (Å²) in [5, 5.41) is 8.78. The summed E-state index contributed by atoms with van der Waals surface area (Å²) in [6.45, 7) is 1.79. The van der Waals surface area contributed by atoms with E-state index in [1.54, 1.807) is 35.6 Å². The standard InChI is InChI=1S/C11H8F2INO2/c1-2-17-11(16)6-3-7(10(12)13)8(5-15)9(14)4-6/h3-4,10H,2H2,1H3. The Morgan fingerprint density at radius 2 is 2.24 bits per heavy atom. The number of alkyl halides is 2. The van der Waals surface area contributed by atoms with Crippen LogP contribution >= 0.6 is 22.6 Å². The Hall–Kier alpha value is -1.23. The van der Waals surface area contributed by atoms with Gasteiger partial charge in [-0.3, -0.25) is 0 Å². The average Bonchev–Trinajstić information content (AvgIpc) is 2.28. The first-order valence-corrected chi connectivity index (χ1v) is 5.78. The van der Waals surface area contributed by atoms with E-state index >= 15 is 0 Å². The van der Waals surface area contributed by atoms with Gasteiger partial charge in [0, 0.05) is 9.13 Å². The van der Waals surface area contributed by atoms with Crippen LogP contribution in [0.1, 0.15) is 34.8 Å². The molecule has 0 amide bonds. The molecule has 0 aliphatic rings. The molecule has 0 N–H and O–H groups in total. The zero-order valence-electron chi connectivity index (χ0n) is 8.84. The van der Waals surface area contributed by atoms with Crippen molar-refractivity contribution in [3.63, 3.8) is 0 Å². The Morgan fingerprint density at radius 3 is 2.71 bits per heavy atom. The van der Waals surface area contributed by atoms with Crippen LogP contribution in [-0.2, 0) is 4.74 Å². The Balaban J connectivity index is 3.30. The van der Waals surface area contributed by atoms with Crippen LogP contribution in [0.3, 0.4) is 0 Å². The lowest BCUT2D eigenvalue weighted by molar-refractivity contribution is 0.0526. The van der Waals surface area contributed by atoms with Crippen LogP contribution in [0.25, 0.3) is 0 Å². The molecule has 0 atom stereocenters.